The fourth-order valence-electron chi connectivity index (χ4n) is 16.1. The van der Waals surface area contributed by atoms with E-state index >= 15 is 0 Å². The summed E-state index contributed by atoms with van der Waals surface area (Å²) in [7, 11) is 7.88. The molecule has 11 heterocycles. The third-order valence-corrected chi connectivity index (χ3v) is 23.1. The van der Waals surface area contributed by atoms with Crippen molar-refractivity contribution in [3.8, 4) is 23.0 Å². The number of methoxy groups -OCH3 is 5. The minimum absolute atomic E-state index is 0. The Morgan fingerprint density at radius 3 is 0.967 bits per heavy atom. The number of piperidine rings is 6. The summed E-state index contributed by atoms with van der Waals surface area (Å²) in [6, 6.07) is 33.3. The van der Waals surface area contributed by atoms with Crippen molar-refractivity contribution in [3.63, 3.8) is 0 Å². The van der Waals surface area contributed by atoms with Gasteiger partial charge in [0.05, 0.1) is 74.6 Å². The summed E-state index contributed by atoms with van der Waals surface area (Å²) in [4.78, 5) is 176. The second kappa shape index (κ2) is 45.4. The van der Waals surface area contributed by atoms with Crippen LogP contribution in [0.5, 0.6) is 23.0 Å². The van der Waals surface area contributed by atoms with E-state index in [0.717, 1.165) is 96.6 Å². The number of likely N-dealkylation sites (tertiary alicyclic amines) is 7. The zero-order chi connectivity index (χ0) is 84.8. The fraction of sp³-hybridized carbons (Fsp3) is 0.506. The van der Waals surface area contributed by atoms with Crippen molar-refractivity contribution in [2.24, 2.45) is 33.5 Å². The van der Waals surface area contributed by atoms with Gasteiger partial charge in [0.1, 0.15) is 23.0 Å². The predicted molar refractivity (Wildman–Crippen MR) is 438 cm³/mol. The van der Waals surface area contributed by atoms with Gasteiger partial charge in [0.15, 0.2) is 0 Å². The van der Waals surface area contributed by atoms with Crippen LogP contribution >= 0.6 is 0 Å². The molecule has 10 amide bonds. The van der Waals surface area contributed by atoms with Crippen molar-refractivity contribution in [1.29, 1.82) is 0 Å². The third kappa shape index (κ3) is 25.2. The van der Waals surface area contributed by atoms with Crippen LogP contribution in [-0.4, -0.2) is 247 Å². The molecule has 10 fully saturated rings. The van der Waals surface area contributed by atoms with Gasteiger partial charge < -0.3 is 96.6 Å². The van der Waals surface area contributed by atoms with Crippen LogP contribution in [0.4, 0.5) is 0 Å². The molecule has 120 heavy (non-hydrogen) atoms. The predicted octanol–water partition coefficient (Wildman–Crippen LogP) is 3.38. The van der Waals surface area contributed by atoms with E-state index in [1.807, 2.05) is 152 Å². The number of carboxylic acids is 2. The number of nitrogens with zero attached hydrogens (tertiary/aromatic N) is 7. The SMILES string of the molecule is C.CCN1CCC2(CC1=O)CN(Cc1ccc(OC)cc1)C2=O.CCN1CCC2(CC1=O)CN(Cc1ccc(OC)cc1)C2=O.CCN1CCC2(CC1=O)CN(Cc1ccc(OC)cc1)C2=O.COC(=O)C1CCNC(=O)C1.COc1ccc(CN2CC3(CCNC(=O)C3)C2=O)cc1.O=C(O)c1cc[nH]c(=O)c1.O=C1CC(C(=O)O)CCN1.[CH3-].[K+]. The number of esters is 1. The van der Waals surface area contributed by atoms with E-state index in [0.29, 0.717) is 130 Å². The van der Waals surface area contributed by atoms with E-state index in [9.17, 15) is 67.1 Å². The van der Waals surface area contributed by atoms with Gasteiger partial charge in [0.25, 0.3) is 0 Å². The fourth-order valence-corrected chi connectivity index (χ4v) is 16.1. The molecule has 5 aromatic rings. The summed E-state index contributed by atoms with van der Waals surface area (Å²) in [5.74, 6) is 0.957. The standard InChI is InChI=1S/3C17H22N2O3.C15H18N2O3.C7H11NO3.C6H9NO3.C6H5NO3.CH4.CH3.K/c3*1-3-18-9-8-17(10-15(18)20)12-19(16(17)21)11-13-4-6-14(22-2)7-5-13;1-20-12-4-2-11(3-5-12)9-17-10-15(14(17)19)6-7-16-13(18)8-15;1-11-7(10)5-2-3-8-6(9)4-5;2*8-5-3-4(6(9)10)1-2-7-5;;;/h3*4-7H,3,8-12H2,1-2H3;2-5H,6-10H2,1H3,(H,16,18);5H,2-4H2,1H3,(H,8,9);4H,1-3H2,(H,7,8)(H,9,10);1-3H,(H,7,8)(H,9,10);1H4;1H3;/q;;;;;;;;-1;+1. The smallest absolute Gasteiger partial charge is 0.497 e. The first-order chi connectivity index (χ1) is 56.0. The van der Waals surface area contributed by atoms with E-state index in [4.69, 9.17) is 29.2 Å². The van der Waals surface area contributed by atoms with Crippen LogP contribution in [0.25, 0.3) is 0 Å². The summed E-state index contributed by atoms with van der Waals surface area (Å²) < 4.78 is 25.0. The van der Waals surface area contributed by atoms with E-state index in [-0.39, 0.29) is 156 Å². The molecular formula is C87H116KN11O21. The number of carboxylic acid groups (broad SMARTS) is 2. The molecule has 10 aliphatic heterocycles. The molecule has 15 rings (SSSR count). The maximum Gasteiger partial charge on any atom is 1.00 e. The van der Waals surface area contributed by atoms with E-state index in [1.54, 1.807) is 28.4 Å². The van der Waals surface area contributed by atoms with E-state index in [1.165, 1.54) is 19.4 Å². The van der Waals surface area contributed by atoms with Crippen molar-refractivity contribution in [3.05, 3.63) is 161 Å². The maximum atomic E-state index is 12.5. The van der Waals surface area contributed by atoms with Crippen molar-refractivity contribution in [1.82, 2.24) is 55.2 Å². The quantitative estimate of drug-likeness (QED) is 0.0317. The Bertz CT molecular complexity index is 4200. The number of ether oxygens (including phenoxy) is 5. The van der Waals surface area contributed by atoms with E-state index in [2.05, 4.69) is 25.7 Å². The Labute approximate surface area is 743 Å². The summed E-state index contributed by atoms with van der Waals surface area (Å²) in [6.45, 7) is 17.2. The van der Waals surface area contributed by atoms with Crippen LogP contribution in [-0.2, 0) is 88.5 Å². The summed E-state index contributed by atoms with van der Waals surface area (Å²) in [6.07, 6.45) is 7.56. The zero-order valence-corrected chi connectivity index (χ0v) is 73.0. The Hall–Kier alpha value is -10.2. The zero-order valence-electron chi connectivity index (χ0n) is 69.9. The molecule has 0 saturated carbocycles. The van der Waals surface area contributed by atoms with Gasteiger partial charge in [0, 0.05) is 162 Å². The normalized spacial score (nSPS) is 22.9. The molecule has 6 atom stereocenters. The first kappa shape index (κ1) is 98.6. The first-order valence-corrected chi connectivity index (χ1v) is 39.6. The van der Waals surface area contributed by atoms with Crippen molar-refractivity contribution in [2.45, 2.75) is 131 Å². The third-order valence-electron chi connectivity index (χ3n) is 23.1. The number of hydrogen-bond donors (Lipinski definition) is 6. The van der Waals surface area contributed by atoms with Crippen LogP contribution in [0.3, 0.4) is 0 Å². The van der Waals surface area contributed by atoms with E-state index < -0.39 is 45.1 Å². The molecule has 4 aromatic carbocycles. The number of hydrogen-bond acceptors (Lipinski definition) is 19. The van der Waals surface area contributed by atoms with Gasteiger partial charge >= 0.3 is 69.3 Å². The number of aromatic nitrogens is 1. The van der Waals surface area contributed by atoms with Gasteiger partial charge in [-0.15, -0.1) is 0 Å². The van der Waals surface area contributed by atoms with Crippen molar-refractivity contribution in [2.75, 3.05) is 121 Å². The molecule has 6 unspecified atom stereocenters. The second-order valence-corrected chi connectivity index (χ2v) is 30.8. The second-order valence-electron chi connectivity index (χ2n) is 30.8. The number of aliphatic carboxylic acids is 1. The molecule has 32 nitrogen and oxygen atoms in total. The van der Waals surface area contributed by atoms with Gasteiger partial charge in [-0.05, 0) is 136 Å². The van der Waals surface area contributed by atoms with Gasteiger partial charge in [-0.2, -0.15) is 0 Å². The number of carbonyl (C=O) groups is 13. The molecule has 10 aliphatic rings. The van der Waals surface area contributed by atoms with Gasteiger partial charge in [0.2, 0.25) is 64.6 Å². The molecule has 0 radical (unpaired) electrons. The Kier molecular flexibility index (Phi) is 37.3. The topological polar surface area (TPSA) is 400 Å². The van der Waals surface area contributed by atoms with Crippen LogP contribution < -0.4 is 91.8 Å². The molecule has 33 heteroatoms. The molecular weight excluding hydrogens is 1570 g/mol. The maximum absolute atomic E-state index is 12.5. The largest absolute Gasteiger partial charge is 1.00 e. The van der Waals surface area contributed by atoms with Crippen molar-refractivity contribution >= 4 is 77.0 Å². The number of rotatable bonds is 18. The number of β-lactam (4-membered cyclic amide) rings is 4. The van der Waals surface area contributed by atoms with Crippen LogP contribution in [0.15, 0.2) is 120 Å². The number of H-pyrrole nitrogens is 1. The van der Waals surface area contributed by atoms with Crippen LogP contribution in [0.2, 0.25) is 0 Å². The molecule has 0 bridgehead atoms. The number of benzene rings is 4. The molecule has 4 spiro atoms. The monoisotopic (exact) mass is 1690 g/mol. The van der Waals surface area contributed by atoms with Crippen molar-refractivity contribution < 1.29 is 148 Å². The average Bonchev–Trinajstić information content (AvgIpc) is 0.747. The number of nitrogens with one attached hydrogen (secondary N) is 4. The Morgan fingerprint density at radius 1 is 0.417 bits per heavy atom. The minimum Gasteiger partial charge on any atom is -0.497 e. The molecule has 1 aromatic heterocycles. The molecule has 10 saturated heterocycles. The van der Waals surface area contributed by atoms with Crippen LogP contribution in [0.1, 0.15) is 138 Å². The summed E-state index contributed by atoms with van der Waals surface area (Å²) in [5.41, 5.74) is 2.25. The number of pyridine rings is 1. The number of aromatic carboxylic acids is 1. The van der Waals surface area contributed by atoms with Gasteiger partial charge in [-0.25, -0.2) is 4.79 Å². The Morgan fingerprint density at radius 2 is 0.725 bits per heavy atom. The Balaban J connectivity index is 0.000000221. The molecule has 0 aliphatic carbocycles. The van der Waals surface area contributed by atoms with Crippen LogP contribution in [0, 0.1) is 40.9 Å². The summed E-state index contributed by atoms with van der Waals surface area (Å²) >= 11 is 0. The summed E-state index contributed by atoms with van der Waals surface area (Å²) in [5, 5.41) is 24.8. The average molecular weight is 1690 g/mol. The molecule has 6 N–H and O–H groups in total. The number of amides is 10. The number of carbonyl (C=O) groups excluding carboxylic acids is 11. The van der Waals surface area contributed by atoms with Gasteiger partial charge in [-0.1, -0.05) is 56.0 Å². The first-order valence-electron chi connectivity index (χ1n) is 39.6. The molecule has 646 valence electrons. The number of aromatic amines is 1. The minimum atomic E-state index is -1.09. The van der Waals surface area contributed by atoms with Gasteiger partial charge in [-0.3, -0.25) is 62.3 Å².